The number of hydrogen-bond donors (Lipinski definition) is 3. The number of nitrogens with zero attached hydrogens (tertiary/aromatic N) is 5. The van der Waals surface area contributed by atoms with Gasteiger partial charge in [-0.05, 0) is 65.6 Å². The minimum Gasteiger partial charge on any atom is -0.453 e. The van der Waals surface area contributed by atoms with Gasteiger partial charge < -0.3 is 44.5 Å². The molecule has 5 heterocycles. The Morgan fingerprint density at radius 2 is 1.55 bits per heavy atom. The smallest absolute Gasteiger partial charge is 0.407 e. The number of amides is 4. The van der Waals surface area contributed by atoms with Crippen molar-refractivity contribution in [1.29, 1.82) is 0 Å². The van der Waals surface area contributed by atoms with Crippen LogP contribution < -0.4 is 15.5 Å². The molecule has 60 heavy (non-hydrogen) atoms. The number of aromatic nitrogens is 3. The highest BCUT2D eigenvalue weighted by atomic mass is 16.7. The summed E-state index contributed by atoms with van der Waals surface area (Å²) in [5.74, 6) is 0.197. The number of H-pyrrole nitrogens is 1. The Balaban J connectivity index is 0.881. The molecule has 4 aliphatic rings. The third kappa shape index (κ3) is 8.33. The quantitative estimate of drug-likeness (QED) is 0.176. The van der Waals surface area contributed by atoms with Gasteiger partial charge in [-0.25, -0.2) is 14.8 Å². The molecule has 4 aromatic rings. The fourth-order valence-corrected chi connectivity index (χ4v) is 8.65. The summed E-state index contributed by atoms with van der Waals surface area (Å²) in [4.78, 5) is 70.9. The molecular weight excluding hydrogens is 765 g/mol. The van der Waals surface area contributed by atoms with Crippen LogP contribution >= 0.6 is 0 Å². The first-order valence-electron chi connectivity index (χ1n) is 20.8. The Morgan fingerprint density at radius 1 is 0.883 bits per heavy atom. The zero-order valence-electron chi connectivity index (χ0n) is 35.1. The number of benzene rings is 2. The largest absolute Gasteiger partial charge is 0.453 e. The number of methoxy groups -OCH3 is 1. The number of hydrogen-bond acceptors (Lipinski definition) is 10. The highest BCUT2D eigenvalue weighted by Crippen LogP contribution is 2.52. The number of carbonyl (C=O) groups is 4. The van der Waals surface area contributed by atoms with E-state index in [1.165, 1.54) is 7.11 Å². The molecule has 3 aliphatic heterocycles. The van der Waals surface area contributed by atoms with Gasteiger partial charge in [-0.2, -0.15) is 0 Å². The van der Waals surface area contributed by atoms with Crippen molar-refractivity contribution in [2.75, 3.05) is 56.7 Å². The van der Waals surface area contributed by atoms with Gasteiger partial charge in [0.05, 0.1) is 56.7 Å². The number of likely N-dealkylation sites (tertiary alicyclic amines) is 1. The van der Waals surface area contributed by atoms with Gasteiger partial charge in [0.1, 0.15) is 17.7 Å². The summed E-state index contributed by atoms with van der Waals surface area (Å²) in [6, 6.07) is 18.1. The zero-order valence-corrected chi connectivity index (χ0v) is 35.1. The van der Waals surface area contributed by atoms with Gasteiger partial charge in [0.25, 0.3) is 5.91 Å². The molecule has 4 amide bonds. The second-order valence-electron chi connectivity index (χ2n) is 17.4. The summed E-state index contributed by atoms with van der Waals surface area (Å²) in [6.07, 6.45) is 4.11. The van der Waals surface area contributed by atoms with Crippen molar-refractivity contribution in [2.45, 2.75) is 71.4 Å². The summed E-state index contributed by atoms with van der Waals surface area (Å²) in [6.45, 7) is 13.3. The van der Waals surface area contributed by atoms with E-state index >= 15 is 0 Å². The van der Waals surface area contributed by atoms with Gasteiger partial charge in [-0.1, -0.05) is 64.1 Å². The maximum atomic E-state index is 13.9. The van der Waals surface area contributed by atoms with E-state index in [9.17, 15) is 19.2 Å². The summed E-state index contributed by atoms with van der Waals surface area (Å²) >= 11 is 0. The van der Waals surface area contributed by atoms with E-state index in [1.54, 1.807) is 29.4 Å². The van der Waals surface area contributed by atoms with Crippen molar-refractivity contribution in [3.05, 3.63) is 84.4 Å². The van der Waals surface area contributed by atoms with E-state index in [-0.39, 0.29) is 47.6 Å². The number of carbonyl (C=O) groups excluding carboxylic acids is 4. The second kappa shape index (κ2) is 16.3. The van der Waals surface area contributed by atoms with E-state index in [0.29, 0.717) is 56.3 Å². The Morgan fingerprint density at radius 3 is 2.15 bits per heavy atom. The van der Waals surface area contributed by atoms with Crippen LogP contribution in [0.4, 0.5) is 16.3 Å². The first-order chi connectivity index (χ1) is 28.7. The lowest BCUT2D eigenvalue weighted by Gasteiger charge is -2.41. The predicted octanol–water partition coefficient (Wildman–Crippen LogP) is 5.87. The van der Waals surface area contributed by atoms with Crippen molar-refractivity contribution in [2.24, 2.45) is 17.3 Å². The van der Waals surface area contributed by atoms with Gasteiger partial charge in [0, 0.05) is 43.6 Å². The van der Waals surface area contributed by atoms with Crippen LogP contribution in [0.1, 0.15) is 69.7 Å². The molecule has 316 valence electrons. The van der Waals surface area contributed by atoms with Crippen LogP contribution in [-0.2, 0) is 23.8 Å². The first-order valence-corrected chi connectivity index (χ1v) is 20.8. The van der Waals surface area contributed by atoms with Crippen molar-refractivity contribution in [1.82, 2.24) is 30.1 Å². The highest BCUT2D eigenvalue weighted by Gasteiger charge is 2.53. The summed E-state index contributed by atoms with van der Waals surface area (Å²) < 4.78 is 16.8. The maximum absolute atomic E-state index is 13.9. The van der Waals surface area contributed by atoms with Crippen LogP contribution in [0.5, 0.6) is 0 Å². The molecule has 1 spiro atoms. The number of alkyl carbamates (subject to hydrolysis) is 1. The number of piperazine rings is 1. The van der Waals surface area contributed by atoms with Gasteiger partial charge in [0.2, 0.25) is 11.8 Å². The standard InChI is InChI=1S/C45H54N8O7/c1-27(2)38(50-43(57)58-6)42(56)53-26-45(59-19-20-60-45)22-36(53)39-47-24-35(49-39)31-11-7-29(8-12-31)30-9-13-32(14-10-30)40(54)48-33-15-16-37(46-23-33)52-18-17-51(25-28(52)3)41(55)34-21-44(34,4)5/h7-16,23-24,27-28,34,36,38H,17-22,25-26H2,1-6H3,(H,47,49)(H,48,54)(H,50,57)/t28-,34-,36+,38+/m1/s1. The van der Waals surface area contributed by atoms with Gasteiger partial charge in [-0.3, -0.25) is 14.4 Å². The van der Waals surface area contributed by atoms with E-state index in [1.807, 2.05) is 67.3 Å². The minimum atomic E-state index is -0.937. The Labute approximate surface area is 350 Å². The molecule has 3 saturated heterocycles. The van der Waals surface area contributed by atoms with Crippen LogP contribution in [-0.4, -0.2) is 113 Å². The normalized spacial score (nSPS) is 22.2. The lowest BCUT2D eigenvalue weighted by molar-refractivity contribution is -0.153. The molecule has 15 heteroatoms. The maximum Gasteiger partial charge on any atom is 0.407 e. The third-order valence-corrected chi connectivity index (χ3v) is 12.4. The molecule has 2 aromatic carbocycles. The van der Waals surface area contributed by atoms with E-state index < -0.39 is 24.0 Å². The number of pyridine rings is 1. The summed E-state index contributed by atoms with van der Waals surface area (Å²) in [5.41, 5.74) is 4.86. The number of rotatable bonds is 10. The van der Waals surface area contributed by atoms with Crippen LogP contribution in [0.2, 0.25) is 0 Å². The van der Waals surface area contributed by atoms with Crippen LogP contribution in [0, 0.1) is 17.3 Å². The van der Waals surface area contributed by atoms with Crippen LogP contribution in [0.15, 0.2) is 73.1 Å². The summed E-state index contributed by atoms with van der Waals surface area (Å²) in [5, 5.41) is 5.65. The molecule has 2 aromatic heterocycles. The number of nitrogens with one attached hydrogen (secondary N) is 3. The average molecular weight is 819 g/mol. The molecule has 0 unspecified atom stereocenters. The molecule has 4 atom stereocenters. The Hall–Kier alpha value is -5.80. The molecule has 15 nitrogen and oxygen atoms in total. The Bertz CT molecular complexity index is 2220. The molecule has 4 fully saturated rings. The van der Waals surface area contributed by atoms with Crippen molar-refractivity contribution in [3.63, 3.8) is 0 Å². The van der Waals surface area contributed by atoms with Crippen LogP contribution in [0.3, 0.4) is 0 Å². The number of imidazole rings is 1. The van der Waals surface area contributed by atoms with Gasteiger partial charge in [0.15, 0.2) is 5.79 Å². The van der Waals surface area contributed by atoms with E-state index in [0.717, 1.165) is 34.6 Å². The highest BCUT2D eigenvalue weighted by molar-refractivity contribution is 6.04. The average Bonchev–Trinajstić information content (AvgIpc) is 3.71. The predicted molar refractivity (Wildman–Crippen MR) is 225 cm³/mol. The monoisotopic (exact) mass is 818 g/mol. The van der Waals surface area contributed by atoms with Gasteiger partial charge >= 0.3 is 6.09 Å². The number of anilines is 2. The molecule has 0 bridgehead atoms. The lowest BCUT2D eigenvalue weighted by Crippen LogP contribution is -2.54. The Kier molecular flexibility index (Phi) is 11.2. The second-order valence-corrected chi connectivity index (χ2v) is 17.4. The molecule has 1 saturated carbocycles. The molecule has 8 rings (SSSR count). The van der Waals surface area contributed by atoms with E-state index in [4.69, 9.17) is 19.2 Å². The molecule has 0 radical (unpaired) electrons. The van der Waals surface area contributed by atoms with Crippen molar-refractivity contribution >= 4 is 35.3 Å². The van der Waals surface area contributed by atoms with E-state index in [2.05, 4.69) is 46.3 Å². The van der Waals surface area contributed by atoms with Gasteiger partial charge in [-0.15, -0.1) is 0 Å². The molecule has 1 aliphatic carbocycles. The SMILES string of the molecule is COC(=O)N[C@H](C(=O)N1CC2(C[C@H]1c1ncc(-c3ccc(-c4ccc(C(=O)Nc5ccc(N6CCN(C(=O)[C@H]7CC7(C)C)C[C@H]6C)nc5)cc4)cc3)[nH]1)OCCO2)C(C)C. The fraction of sp³-hybridized carbons (Fsp3) is 0.467. The third-order valence-electron chi connectivity index (χ3n) is 12.4. The summed E-state index contributed by atoms with van der Waals surface area (Å²) in [7, 11) is 1.27. The molecular formula is C45H54N8O7. The number of ether oxygens (including phenoxy) is 3. The van der Waals surface area contributed by atoms with Crippen LogP contribution in [0.25, 0.3) is 22.4 Å². The topological polar surface area (TPSA) is 171 Å². The minimum absolute atomic E-state index is 0.119. The molecule has 3 N–H and O–H groups in total. The lowest BCUT2D eigenvalue weighted by atomic mass is 10.0. The fourth-order valence-electron chi connectivity index (χ4n) is 8.65. The number of aromatic amines is 1. The zero-order chi connectivity index (χ0) is 42.3. The van der Waals surface area contributed by atoms with Crippen molar-refractivity contribution < 1.29 is 33.4 Å². The first kappa shape index (κ1) is 41.0. The van der Waals surface area contributed by atoms with Crippen molar-refractivity contribution in [3.8, 4) is 22.4 Å².